The number of likely N-dealkylation sites (tertiary alicyclic amines) is 1. The van der Waals surface area contributed by atoms with E-state index in [1.165, 1.54) is 23.2 Å². The minimum Gasteiger partial charge on any atom is -0.481 e. The summed E-state index contributed by atoms with van der Waals surface area (Å²) in [5.74, 6) is -1.50. The predicted octanol–water partition coefficient (Wildman–Crippen LogP) is 3.22. The Labute approximate surface area is 152 Å². The van der Waals surface area contributed by atoms with Crippen LogP contribution < -0.4 is 5.32 Å². The molecule has 1 atom stereocenters. The third-order valence-corrected chi connectivity index (χ3v) is 4.32. The molecule has 0 radical (unpaired) electrons. The van der Waals surface area contributed by atoms with Gasteiger partial charge in [-0.15, -0.1) is 0 Å². The number of carbonyl (C=O) groups is 2. The Hall–Kier alpha value is -3.04. The van der Waals surface area contributed by atoms with Crippen LogP contribution in [-0.2, 0) is 11.0 Å². The Balaban J connectivity index is 1.64. The number of rotatable bonds is 3. The van der Waals surface area contributed by atoms with Gasteiger partial charge in [0.05, 0.1) is 11.6 Å². The van der Waals surface area contributed by atoms with Gasteiger partial charge in [0.15, 0.2) is 5.69 Å². The van der Waals surface area contributed by atoms with Crippen molar-refractivity contribution in [3.63, 3.8) is 0 Å². The fourth-order valence-electron chi connectivity index (χ4n) is 2.88. The number of carbonyl (C=O) groups excluding carboxylic acids is 1. The summed E-state index contributed by atoms with van der Waals surface area (Å²) in [6.45, 7) is 0.619. The van der Waals surface area contributed by atoms with Crippen LogP contribution in [0.4, 0.5) is 23.7 Å². The maximum absolute atomic E-state index is 12.6. The van der Waals surface area contributed by atoms with Gasteiger partial charge in [0.1, 0.15) is 0 Å². The molecule has 2 heterocycles. The number of amides is 2. The van der Waals surface area contributed by atoms with Gasteiger partial charge in [-0.3, -0.25) is 4.79 Å². The third kappa shape index (κ3) is 4.39. The van der Waals surface area contributed by atoms with E-state index in [2.05, 4.69) is 10.4 Å². The number of hydrogen-bond acceptors (Lipinski definition) is 3. The van der Waals surface area contributed by atoms with Crippen molar-refractivity contribution in [2.24, 2.45) is 5.92 Å². The molecule has 27 heavy (non-hydrogen) atoms. The molecule has 1 aliphatic heterocycles. The highest BCUT2D eigenvalue weighted by molar-refractivity contribution is 5.89. The lowest BCUT2D eigenvalue weighted by atomic mass is 9.99. The number of carboxylic acids is 1. The maximum atomic E-state index is 12.6. The number of nitrogens with one attached hydrogen (secondary N) is 1. The van der Waals surface area contributed by atoms with Crippen molar-refractivity contribution < 1.29 is 27.9 Å². The van der Waals surface area contributed by atoms with Crippen LogP contribution in [0.3, 0.4) is 0 Å². The van der Waals surface area contributed by atoms with Gasteiger partial charge in [-0.2, -0.15) is 18.3 Å². The summed E-state index contributed by atoms with van der Waals surface area (Å²) in [6.07, 6.45) is -2.15. The molecule has 2 aromatic rings. The molecule has 144 valence electrons. The summed E-state index contributed by atoms with van der Waals surface area (Å²) in [5.41, 5.74) is -0.130. The Kier molecular flexibility index (Phi) is 5.06. The van der Waals surface area contributed by atoms with Crippen molar-refractivity contribution in [3.8, 4) is 5.69 Å². The summed E-state index contributed by atoms with van der Waals surface area (Å²) in [7, 11) is 0. The molecule has 2 N–H and O–H groups in total. The average Bonchev–Trinajstić information content (AvgIpc) is 3.13. The molecule has 7 nitrogen and oxygen atoms in total. The number of urea groups is 1. The molecule has 0 spiro atoms. The van der Waals surface area contributed by atoms with Gasteiger partial charge < -0.3 is 15.3 Å². The first kappa shape index (κ1) is 18.7. The Morgan fingerprint density at radius 1 is 1.19 bits per heavy atom. The average molecular weight is 382 g/mol. The highest BCUT2D eigenvalue weighted by atomic mass is 19.4. The number of halogens is 3. The number of alkyl halides is 3. The number of carboxylic acid groups (broad SMARTS) is 1. The van der Waals surface area contributed by atoms with E-state index in [9.17, 15) is 22.8 Å². The van der Waals surface area contributed by atoms with Crippen molar-refractivity contribution in [3.05, 3.63) is 42.2 Å². The van der Waals surface area contributed by atoms with Gasteiger partial charge in [0.25, 0.3) is 0 Å². The van der Waals surface area contributed by atoms with E-state index >= 15 is 0 Å². The Bertz CT molecular complexity index is 833. The molecule has 1 aliphatic rings. The smallest absolute Gasteiger partial charge is 0.435 e. The lowest BCUT2D eigenvalue weighted by Crippen LogP contribution is -2.44. The molecular weight excluding hydrogens is 365 g/mol. The maximum Gasteiger partial charge on any atom is 0.435 e. The summed E-state index contributed by atoms with van der Waals surface area (Å²) in [4.78, 5) is 24.8. The normalized spacial score (nSPS) is 17.6. The number of hydrogen-bond donors (Lipinski definition) is 2. The van der Waals surface area contributed by atoms with Crippen LogP contribution in [0.5, 0.6) is 0 Å². The summed E-state index contributed by atoms with van der Waals surface area (Å²) < 4.78 is 38.9. The molecule has 10 heteroatoms. The fourth-order valence-corrected chi connectivity index (χ4v) is 2.88. The summed E-state index contributed by atoms with van der Waals surface area (Å²) >= 11 is 0. The largest absolute Gasteiger partial charge is 0.481 e. The molecular formula is C17H17F3N4O3. The van der Waals surface area contributed by atoms with Gasteiger partial charge in [-0.05, 0) is 43.2 Å². The molecule has 0 bridgehead atoms. The van der Waals surface area contributed by atoms with E-state index in [4.69, 9.17) is 5.11 Å². The monoisotopic (exact) mass is 382 g/mol. The van der Waals surface area contributed by atoms with E-state index in [1.807, 2.05) is 0 Å². The second-order valence-corrected chi connectivity index (χ2v) is 6.24. The second kappa shape index (κ2) is 7.29. The van der Waals surface area contributed by atoms with Crippen LogP contribution in [0.2, 0.25) is 0 Å². The second-order valence-electron chi connectivity index (χ2n) is 6.24. The lowest BCUT2D eigenvalue weighted by molar-refractivity contribution is -0.143. The molecule has 1 unspecified atom stereocenters. The fraction of sp³-hybridized carbons (Fsp3) is 0.353. The minimum absolute atomic E-state index is 0.146. The van der Waals surface area contributed by atoms with Crippen LogP contribution in [0, 0.1) is 5.92 Å². The van der Waals surface area contributed by atoms with E-state index in [0.29, 0.717) is 30.8 Å². The van der Waals surface area contributed by atoms with Crippen molar-refractivity contribution in [1.82, 2.24) is 14.7 Å². The predicted molar refractivity (Wildman–Crippen MR) is 89.5 cm³/mol. The molecule has 1 saturated heterocycles. The number of piperidine rings is 1. The first-order valence-corrected chi connectivity index (χ1v) is 8.26. The van der Waals surface area contributed by atoms with E-state index < -0.39 is 29.8 Å². The molecule has 1 aromatic carbocycles. The zero-order valence-corrected chi connectivity index (χ0v) is 14.1. The number of benzene rings is 1. The molecule has 2 amide bonds. The molecule has 0 saturated carbocycles. The number of aromatic nitrogens is 2. The van der Waals surface area contributed by atoms with Crippen molar-refractivity contribution in [2.75, 3.05) is 18.4 Å². The van der Waals surface area contributed by atoms with Crippen molar-refractivity contribution >= 4 is 17.7 Å². The van der Waals surface area contributed by atoms with E-state index in [-0.39, 0.29) is 6.54 Å². The highest BCUT2D eigenvalue weighted by Crippen LogP contribution is 2.28. The Morgan fingerprint density at radius 2 is 1.89 bits per heavy atom. The molecule has 0 aliphatic carbocycles. The highest BCUT2D eigenvalue weighted by Gasteiger charge is 2.33. The summed E-state index contributed by atoms with van der Waals surface area (Å²) in [6, 6.07) is 6.61. The van der Waals surface area contributed by atoms with Crippen LogP contribution in [0.1, 0.15) is 18.5 Å². The molecule has 3 rings (SSSR count). The van der Waals surface area contributed by atoms with Crippen LogP contribution in [0.15, 0.2) is 36.5 Å². The lowest BCUT2D eigenvalue weighted by Gasteiger charge is -2.30. The summed E-state index contributed by atoms with van der Waals surface area (Å²) in [5, 5.41) is 15.2. The quantitative estimate of drug-likeness (QED) is 0.853. The minimum atomic E-state index is -4.51. The van der Waals surface area contributed by atoms with Gasteiger partial charge in [0.2, 0.25) is 0 Å². The zero-order valence-electron chi connectivity index (χ0n) is 14.1. The molecule has 1 aromatic heterocycles. The van der Waals surface area contributed by atoms with Crippen molar-refractivity contribution in [1.29, 1.82) is 0 Å². The van der Waals surface area contributed by atoms with Crippen LogP contribution in [-0.4, -0.2) is 44.9 Å². The first-order valence-electron chi connectivity index (χ1n) is 8.26. The van der Waals surface area contributed by atoms with Crippen LogP contribution >= 0.6 is 0 Å². The standard InChI is InChI=1S/C17H17F3N4O3/c18-17(19,20)14-7-9-24(22-14)13-5-3-12(4-6-13)21-16(27)23-8-1-2-11(10-23)15(25)26/h3-7,9,11H,1-2,8,10H2,(H,21,27)(H,25,26). The number of anilines is 1. The van der Waals surface area contributed by atoms with Crippen molar-refractivity contribution in [2.45, 2.75) is 19.0 Å². The third-order valence-electron chi connectivity index (χ3n) is 4.32. The van der Waals surface area contributed by atoms with Gasteiger partial charge >= 0.3 is 18.2 Å². The van der Waals surface area contributed by atoms with Gasteiger partial charge in [0, 0.05) is 25.0 Å². The van der Waals surface area contributed by atoms with Crippen LogP contribution in [0.25, 0.3) is 5.69 Å². The topological polar surface area (TPSA) is 87.5 Å². The van der Waals surface area contributed by atoms with Gasteiger partial charge in [-0.1, -0.05) is 0 Å². The number of aliphatic carboxylic acids is 1. The van der Waals surface area contributed by atoms with E-state index in [0.717, 1.165) is 10.7 Å². The SMILES string of the molecule is O=C(O)C1CCCN(C(=O)Nc2ccc(-n3ccc(C(F)(F)F)n3)cc2)C1. The Morgan fingerprint density at radius 3 is 2.48 bits per heavy atom. The van der Waals surface area contributed by atoms with E-state index in [1.54, 1.807) is 12.1 Å². The zero-order chi connectivity index (χ0) is 19.6. The first-order chi connectivity index (χ1) is 12.7. The molecule has 1 fully saturated rings. The van der Waals surface area contributed by atoms with Gasteiger partial charge in [-0.25, -0.2) is 9.48 Å². The number of nitrogens with zero attached hydrogens (tertiary/aromatic N) is 3.